The van der Waals surface area contributed by atoms with Gasteiger partial charge in [0.25, 0.3) is 0 Å². The van der Waals surface area contributed by atoms with Crippen molar-refractivity contribution in [3.8, 4) is 0 Å². The highest BCUT2D eigenvalue weighted by Crippen LogP contribution is 2.05. The second kappa shape index (κ2) is 5.31. The number of thiol groups is 1. The average molecular weight is 151 g/mol. The number of amides is 1. The minimum atomic E-state index is 0.0755. The molecule has 4 heteroatoms. The molecular formula is C4H9NOS2. The summed E-state index contributed by atoms with van der Waals surface area (Å²) in [6.07, 6.45) is 0.560. The Hall–Kier alpha value is 0.170. The molecule has 0 radical (unpaired) electrons. The summed E-state index contributed by atoms with van der Waals surface area (Å²) in [5, 5.41) is 2.51. The summed E-state index contributed by atoms with van der Waals surface area (Å²) in [7, 11) is 3.01. The summed E-state index contributed by atoms with van der Waals surface area (Å²) in [5.74, 6) is 0.856. The Balaban J connectivity index is 2.99. The van der Waals surface area contributed by atoms with Crippen molar-refractivity contribution in [2.45, 2.75) is 6.42 Å². The topological polar surface area (TPSA) is 29.1 Å². The van der Waals surface area contributed by atoms with Crippen LogP contribution in [0.3, 0.4) is 0 Å². The Labute approximate surface area is 58.2 Å². The van der Waals surface area contributed by atoms with Crippen LogP contribution in [0.1, 0.15) is 6.42 Å². The zero-order valence-electron chi connectivity index (χ0n) is 4.68. The van der Waals surface area contributed by atoms with Crippen LogP contribution in [0.5, 0.6) is 0 Å². The molecule has 0 aliphatic rings. The normalized spacial score (nSPS) is 8.75. The minimum Gasteiger partial charge on any atom is -0.359 e. The van der Waals surface area contributed by atoms with Crippen LogP contribution in [0.2, 0.25) is 0 Å². The van der Waals surface area contributed by atoms with Gasteiger partial charge in [-0.1, -0.05) is 10.8 Å². The molecule has 0 unspecified atom stereocenters. The molecular weight excluding hydrogens is 142 g/mol. The maximum absolute atomic E-state index is 10.4. The molecule has 0 rings (SSSR count). The molecule has 2 nitrogen and oxygen atoms in total. The Bertz CT molecular complexity index is 76.4. The van der Waals surface area contributed by atoms with Crippen molar-refractivity contribution >= 4 is 28.4 Å². The van der Waals surface area contributed by atoms with Crippen LogP contribution in [-0.4, -0.2) is 18.7 Å². The van der Waals surface area contributed by atoms with Gasteiger partial charge in [-0.3, -0.25) is 4.79 Å². The maximum atomic E-state index is 10.4. The third-order valence-corrected chi connectivity index (χ3v) is 1.63. The molecule has 48 valence electrons. The van der Waals surface area contributed by atoms with Crippen molar-refractivity contribution in [3.05, 3.63) is 0 Å². The first kappa shape index (κ1) is 8.17. The van der Waals surface area contributed by atoms with Gasteiger partial charge in [-0.25, -0.2) is 0 Å². The van der Waals surface area contributed by atoms with Gasteiger partial charge in [0.2, 0.25) is 5.91 Å². The molecule has 0 atom stereocenters. The fourth-order valence-corrected chi connectivity index (χ4v) is 0.814. The molecule has 0 fully saturated rings. The summed E-state index contributed by atoms with van der Waals surface area (Å²) >= 11 is 3.87. The Morgan fingerprint density at radius 3 is 2.88 bits per heavy atom. The highest BCUT2D eigenvalue weighted by atomic mass is 33.1. The van der Waals surface area contributed by atoms with Crippen LogP contribution in [0.4, 0.5) is 0 Å². The summed E-state index contributed by atoms with van der Waals surface area (Å²) in [5.41, 5.74) is 0. The fourth-order valence-electron chi connectivity index (χ4n) is 0.263. The van der Waals surface area contributed by atoms with E-state index in [1.807, 2.05) is 0 Å². The zero-order chi connectivity index (χ0) is 6.41. The molecule has 8 heavy (non-hydrogen) atoms. The highest BCUT2D eigenvalue weighted by Gasteiger charge is 1.93. The molecule has 0 heterocycles. The van der Waals surface area contributed by atoms with Crippen LogP contribution in [0, 0.1) is 0 Å². The number of carbonyl (C=O) groups excluding carboxylic acids is 1. The summed E-state index contributed by atoms with van der Waals surface area (Å²) in [6, 6.07) is 0. The van der Waals surface area contributed by atoms with Gasteiger partial charge < -0.3 is 5.32 Å². The van der Waals surface area contributed by atoms with Crippen molar-refractivity contribution < 1.29 is 4.79 Å². The number of carbonyl (C=O) groups is 1. The van der Waals surface area contributed by atoms with E-state index in [2.05, 4.69) is 17.0 Å². The van der Waals surface area contributed by atoms with Crippen LogP contribution in [0.25, 0.3) is 0 Å². The van der Waals surface area contributed by atoms with Crippen molar-refractivity contribution in [1.82, 2.24) is 5.32 Å². The van der Waals surface area contributed by atoms with Crippen LogP contribution in [-0.2, 0) is 4.79 Å². The number of rotatable bonds is 3. The third-order valence-electron chi connectivity index (χ3n) is 0.699. The van der Waals surface area contributed by atoms with Crippen molar-refractivity contribution in [2.24, 2.45) is 0 Å². The van der Waals surface area contributed by atoms with Crippen molar-refractivity contribution in [1.29, 1.82) is 0 Å². The Kier molecular flexibility index (Phi) is 5.42. The lowest BCUT2D eigenvalue weighted by molar-refractivity contribution is -0.120. The van der Waals surface area contributed by atoms with Gasteiger partial charge in [0.1, 0.15) is 0 Å². The molecule has 0 aromatic carbocycles. The monoisotopic (exact) mass is 151 g/mol. The molecule has 0 aliphatic carbocycles. The van der Waals surface area contributed by atoms with E-state index in [1.54, 1.807) is 7.05 Å². The van der Waals surface area contributed by atoms with Gasteiger partial charge in [-0.2, -0.15) is 0 Å². The van der Waals surface area contributed by atoms with E-state index >= 15 is 0 Å². The summed E-state index contributed by atoms with van der Waals surface area (Å²) < 4.78 is 0. The molecule has 0 aliphatic heterocycles. The molecule has 0 saturated heterocycles. The predicted molar refractivity (Wildman–Crippen MR) is 40.1 cm³/mol. The first-order valence-electron chi connectivity index (χ1n) is 2.28. The number of hydrogen-bond donors (Lipinski definition) is 2. The molecule has 0 aromatic heterocycles. The average Bonchev–Trinajstić information content (AvgIpc) is 1.83. The van der Waals surface area contributed by atoms with E-state index in [-0.39, 0.29) is 5.91 Å². The van der Waals surface area contributed by atoms with Crippen LogP contribution in [0.15, 0.2) is 0 Å². The van der Waals surface area contributed by atoms with Gasteiger partial charge in [0, 0.05) is 19.2 Å². The largest absolute Gasteiger partial charge is 0.359 e. The van der Waals surface area contributed by atoms with Gasteiger partial charge in [-0.15, -0.1) is 11.7 Å². The van der Waals surface area contributed by atoms with Crippen LogP contribution >= 0.6 is 22.5 Å². The lowest BCUT2D eigenvalue weighted by Gasteiger charge is -1.93. The first-order valence-corrected chi connectivity index (χ1v) is 4.32. The molecule has 0 saturated carbocycles. The quantitative estimate of drug-likeness (QED) is 0.459. The smallest absolute Gasteiger partial charge is 0.220 e. The second-order valence-corrected chi connectivity index (χ2v) is 2.70. The minimum absolute atomic E-state index is 0.0755. The standard InChI is InChI=1S/C4H9NOS2/c1-5-4(6)2-3-8-7/h7H,2-3H2,1H3,(H,5,6). The molecule has 1 amide bonds. The fraction of sp³-hybridized carbons (Fsp3) is 0.750. The predicted octanol–water partition coefficient (Wildman–Crippen LogP) is 0.700. The molecule has 0 spiro atoms. The summed E-state index contributed by atoms with van der Waals surface area (Å²) in [6.45, 7) is 0. The first-order chi connectivity index (χ1) is 3.81. The second-order valence-electron chi connectivity index (χ2n) is 1.26. The van der Waals surface area contributed by atoms with E-state index in [0.717, 1.165) is 5.75 Å². The SMILES string of the molecule is CNC(=O)CCSS. The lowest BCUT2D eigenvalue weighted by Crippen LogP contribution is -2.17. The van der Waals surface area contributed by atoms with Gasteiger partial charge in [-0.05, 0) is 0 Å². The Morgan fingerprint density at radius 1 is 1.88 bits per heavy atom. The van der Waals surface area contributed by atoms with E-state index in [4.69, 9.17) is 0 Å². The molecule has 0 aromatic rings. The maximum Gasteiger partial charge on any atom is 0.220 e. The highest BCUT2D eigenvalue weighted by molar-refractivity contribution is 8.68. The van der Waals surface area contributed by atoms with E-state index in [9.17, 15) is 4.79 Å². The third kappa shape index (κ3) is 4.33. The molecule has 1 N–H and O–H groups in total. The zero-order valence-corrected chi connectivity index (χ0v) is 6.39. The number of hydrogen-bond acceptors (Lipinski definition) is 3. The van der Waals surface area contributed by atoms with Gasteiger partial charge in [0.05, 0.1) is 0 Å². The summed E-state index contributed by atoms with van der Waals surface area (Å²) in [4.78, 5) is 10.4. The molecule has 0 bridgehead atoms. The van der Waals surface area contributed by atoms with E-state index in [1.165, 1.54) is 10.8 Å². The Morgan fingerprint density at radius 2 is 2.50 bits per heavy atom. The van der Waals surface area contributed by atoms with E-state index in [0.29, 0.717) is 6.42 Å². The van der Waals surface area contributed by atoms with Crippen molar-refractivity contribution in [3.63, 3.8) is 0 Å². The number of nitrogens with one attached hydrogen (secondary N) is 1. The van der Waals surface area contributed by atoms with E-state index < -0.39 is 0 Å². The van der Waals surface area contributed by atoms with Crippen molar-refractivity contribution in [2.75, 3.05) is 12.8 Å². The van der Waals surface area contributed by atoms with Crippen LogP contribution < -0.4 is 5.32 Å². The van der Waals surface area contributed by atoms with Gasteiger partial charge in [0.15, 0.2) is 0 Å². The lowest BCUT2D eigenvalue weighted by atomic mass is 10.5. The van der Waals surface area contributed by atoms with Gasteiger partial charge >= 0.3 is 0 Å².